The number of amides is 1. The van der Waals surface area contributed by atoms with Crippen molar-refractivity contribution < 1.29 is 23.9 Å². The molecule has 2 aliphatic rings. The molecule has 190 valence electrons. The molecule has 1 aromatic carbocycles. The summed E-state index contributed by atoms with van der Waals surface area (Å²) in [5, 5.41) is 0.848. The molecule has 1 aromatic heterocycles. The van der Waals surface area contributed by atoms with E-state index in [4.69, 9.17) is 9.47 Å². The largest absolute Gasteiger partial charge is 0.461 e. The molecule has 2 fully saturated rings. The molecule has 0 spiro atoms. The Kier molecular flexibility index (Phi) is 7.50. The molecule has 0 bridgehead atoms. The van der Waals surface area contributed by atoms with Crippen LogP contribution in [0.4, 0.5) is 4.79 Å². The molecule has 2 atom stereocenters. The van der Waals surface area contributed by atoms with E-state index in [1.165, 1.54) is 6.42 Å². The summed E-state index contributed by atoms with van der Waals surface area (Å²) in [5.74, 6) is -0.380. The van der Waals surface area contributed by atoms with E-state index in [9.17, 15) is 14.4 Å². The first-order valence-electron chi connectivity index (χ1n) is 12.7. The Bertz CT molecular complexity index is 1080. The van der Waals surface area contributed by atoms with Gasteiger partial charge in [-0.1, -0.05) is 12.5 Å². The maximum atomic E-state index is 13.7. The maximum Gasteiger partial charge on any atom is 0.410 e. The predicted octanol–water partition coefficient (Wildman–Crippen LogP) is 4.32. The molecule has 0 aliphatic carbocycles. The highest BCUT2D eigenvalue weighted by Gasteiger charge is 2.45. The van der Waals surface area contributed by atoms with Gasteiger partial charge >= 0.3 is 12.1 Å². The summed E-state index contributed by atoms with van der Waals surface area (Å²) in [7, 11) is 0. The number of hydrogen-bond acceptors (Lipinski definition) is 6. The van der Waals surface area contributed by atoms with Gasteiger partial charge in [0.25, 0.3) is 0 Å². The van der Waals surface area contributed by atoms with Crippen molar-refractivity contribution in [1.82, 2.24) is 14.8 Å². The number of aromatic nitrogens is 1. The van der Waals surface area contributed by atoms with Gasteiger partial charge < -0.3 is 14.5 Å². The van der Waals surface area contributed by atoms with Crippen LogP contribution in [0.2, 0.25) is 0 Å². The highest BCUT2D eigenvalue weighted by atomic mass is 16.6. The first-order chi connectivity index (χ1) is 16.7. The third-order valence-electron chi connectivity index (χ3n) is 6.74. The number of H-pyrrole nitrogens is 1. The topological polar surface area (TPSA) is 91.9 Å². The van der Waals surface area contributed by atoms with E-state index in [1.54, 1.807) is 17.9 Å². The number of fused-ring (bicyclic) bond motifs is 1. The summed E-state index contributed by atoms with van der Waals surface area (Å²) in [5.41, 5.74) is 1.43. The summed E-state index contributed by atoms with van der Waals surface area (Å²) in [6, 6.07) is 6.94. The predicted molar refractivity (Wildman–Crippen MR) is 134 cm³/mol. The number of carbonyl (C=O) groups is 3. The van der Waals surface area contributed by atoms with Crippen LogP contribution in [-0.2, 0) is 20.7 Å². The second-order valence-electron chi connectivity index (χ2n) is 10.5. The van der Waals surface area contributed by atoms with E-state index >= 15 is 0 Å². The Hall–Kier alpha value is -2.87. The number of aromatic amines is 1. The lowest BCUT2D eigenvalue weighted by atomic mass is 9.95. The lowest BCUT2D eigenvalue weighted by Gasteiger charge is -2.37. The van der Waals surface area contributed by atoms with Gasteiger partial charge in [0.2, 0.25) is 0 Å². The van der Waals surface area contributed by atoms with Gasteiger partial charge in [0, 0.05) is 29.9 Å². The quantitative estimate of drug-likeness (QED) is 0.615. The third-order valence-corrected chi connectivity index (χ3v) is 6.74. The molecule has 3 heterocycles. The second kappa shape index (κ2) is 10.4. The number of ether oxygens (including phenoxy) is 2. The van der Waals surface area contributed by atoms with Gasteiger partial charge in [-0.25, -0.2) is 9.59 Å². The van der Waals surface area contributed by atoms with Crippen molar-refractivity contribution in [2.24, 2.45) is 0 Å². The van der Waals surface area contributed by atoms with Crippen molar-refractivity contribution >= 4 is 28.7 Å². The minimum Gasteiger partial charge on any atom is -0.461 e. The molecule has 8 heteroatoms. The lowest BCUT2D eigenvalue weighted by Crippen LogP contribution is -2.53. The van der Waals surface area contributed by atoms with E-state index < -0.39 is 23.7 Å². The third kappa shape index (κ3) is 5.86. The summed E-state index contributed by atoms with van der Waals surface area (Å²) < 4.78 is 10.7. The van der Waals surface area contributed by atoms with Crippen LogP contribution in [0.5, 0.6) is 0 Å². The number of carbonyl (C=O) groups excluding carboxylic acids is 3. The van der Waals surface area contributed by atoms with E-state index in [2.05, 4.69) is 9.88 Å². The number of nitrogens with zero attached hydrogens (tertiary/aromatic N) is 2. The summed E-state index contributed by atoms with van der Waals surface area (Å²) in [6.07, 6.45) is 4.02. The zero-order valence-electron chi connectivity index (χ0n) is 21.3. The Morgan fingerprint density at radius 3 is 2.49 bits per heavy atom. The summed E-state index contributed by atoms with van der Waals surface area (Å²) in [4.78, 5) is 45.9. The number of esters is 1. The normalized spacial score (nSPS) is 21.3. The van der Waals surface area contributed by atoms with Crippen molar-refractivity contribution in [3.63, 3.8) is 0 Å². The van der Waals surface area contributed by atoms with Gasteiger partial charge in [0.1, 0.15) is 17.3 Å². The van der Waals surface area contributed by atoms with Crippen LogP contribution in [0.25, 0.3) is 10.9 Å². The van der Waals surface area contributed by atoms with Crippen molar-refractivity contribution in [2.45, 2.75) is 77.5 Å². The molecule has 35 heavy (non-hydrogen) atoms. The van der Waals surface area contributed by atoms with E-state index in [0.717, 1.165) is 48.8 Å². The molecule has 4 rings (SSSR count). The molecule has 2 aliphatic heterocycles. The van der Waals surface area contributed by atoms with Crippen LogP contribution in [-0.4, -0.2) is 76.6 Å². The van der Waals surface area contributed by atoms with Crippen molar-refractivity contribution in [3.05, 3.63) is 35.5 Å². The smallest absolute Gasteiger partial charge is 0.410 e. The number of Topliss-reactive ketones (excluding diaryl/α,β-unsaturated/α-hetero) is 1. The highest BCUT2D eigenvalue weighted by Crippen LogP contribution is 2.29. The van der Waals surface area contributed by atoms with Crippen LogP contribution in [0.3, 0.4) is 0 Å². The van der Waals surface area contributed by atoms with E-state index in [-0.39, 0.29) is 18.2 Å². The first kappa shape index (κ1) is 25.2. The number of piperidine rings is 1. The zero-order valence-corrected chi connectivity index (χ0v) is 21.3. The van der Waals surface area contributed by atoms with Crippen LogP contribution in [0, 0.1) is 0 Å². The molecule has 0 radical (unpaired) electrons. The van der Waals surface area contributed by atoms with Gasteiger partial charge in [-0.2, -0.15) is 0 Å². The van der Waals surface area contributed by atoms with Crippen LogP contribution in [0.1, 0.15) is 69.4 Å². The van der Waals surface area contributed by atoms with Crippen LogP contribution in [0.15, 0.2) is 24.3 Å². The molecular formula is C27H37N3O5. The van der Waals surface area contributed by atoms with Gasteiger partial charge in [-0.3, -0.25) is 14.6 Å². The average molecular weight is 484 g/mol. The molecule has 2 aromatic rings. The van der Waals surface area contributed by atoms with E-state index in [0.29, 0.717) is 18.8 Å². The van der Waals surface area contributed by atoms with Crippen LogP contribution >= 0.6 is 0 Å². The fraction of sp³-hybridized carbons (Fsp3) is 0.593. The summed E-state index contributed by atoms with van der Waals surface area (Å²) in [6.45, 7) is 10.0. The number of ketones is 1. The maximum absolute atomic E-state index is 13.7. The standard InChI is InChI=1S/C27H37N3O5/c1-5-34-25(32)21-17-19-15-18(9-10-20(19)28-21)16-23(31)24-22(29-12-7-6-8-13-29)11-14-30(24)26(33)35-27(2,3)4/h9-10,15,17,22,24,28H,5-8,11-14,16H2,1-4H3/t22-,24+/m1/s1. The van der Waals surface area contributed by atoms with Crippen LogP contribution < -0.4 is 0 Å². The molecule has 1 amide bonds. The van der Waals surface area contributed by atoms with Gasteiger partial charge in [0.15, 0.2) is 5.78 Å². The fourth-order valence-corrected chi connectivity index (χ4v) is 5.24. The molecular weight excluding hydrogens is 446 g/mol. The Balaban J connectivity index is 1.55. The highest BCUT2D eigenvalue weighted by molar-refractivity contribution is 5.96. The number of nitrogens with one attached hydrogen (secondary N) is 1. The SMILES string of the molecule is CCOC(=O)c1cc2cc(CC(=O)[C@@H]3[C@H](N4CCCCC4)CCN3C(=O)OC(C)(C)C)ccc2[nH]1. The van der Waals surface area contributed by atoms with Gasteiger partial charge in [0.05, 0.1) is 6.61 Å². The van der Waals surface area contributed by atoms with Crippen molar-refractivity contribution in [2.75, 3.05) is 26.2 Å². The minimum atomic E-state index is -0.621. The van der Waals surface area contributed by atoms with Crippen molar-refractivity contribution in [3.8, 4) is 0 Å². The van der Waals surface area contributed by atoms with E-state index in [1.807, 2.05) is 39.0 Å². The fourth-order valence-electron chi connectivity index (χ4n) is 5.24. The number of benzene rings is 1. The number of hydrogen-bond donors (Lipinski definition) is 1. The monoisotopic (exact) mass is 483 g/mol. The molecule has 1 N–H and O–H groups in total. The Morgan fingerprint density at radius 2 is 1.80 bits per heavy atom. The Morgan fingerprint density at radius 1 is 1.06 bits per heavy atom. The number of likely N-dealkylation sites (tertiary alicyclic amines) is 2. The van der Waals surface area contributed by atoms with Crippen molar-refractivity contribution in [1.29, 1.82) is 0 Å². The van der Waals surface area contributed by atoms with Gasteiger partial charge in [-0.05, 0) is 83.8 Å². The minimum absolute atomic E-state index is 0.0155. The first-order valence-corrected chi connectivity index (χ1v) is 12.7. The summed E-state index contributed by atoms with van der Waals surface area (Å²) >= 11 is 0. The molecule has 0 unspecified atom stereocenters. The number of rotatable bonds is 6. The molecule has 8 nitrogen and oxygen atoms in total. The second-order valence-corrected chi connectivity index (χ2v) is 10.5. The lowest BCUT2D eigenvalue weighted by molar-refractivity contribution is -0.124. The molecule has 0 saturated carbocycles. The Labute approximate surface area is 206 Å². The van der Waals surface area contributed by atoms with Gasteiger partial charge in [-0.15, -0.1) is 0 Å². The molecule has 2 saturated heterocycles. The average Bonchev–Trinajstić information content (AvgIpc) is 3.43. The zero-order chi connectivity index (χ0) is 25.2.